The molecule has 1 aromatic rings. The van der Waals surface area contributed by atoms with Crippen LogP contribution in [-0.2, 0) is 4.74 Å². The summed E-state index contributed by atoms with van der Waals surface area (Å²) in [5.41, 5.74) is 6.64. The first kappa shape index (κ1) is 15.1. The fourth-order valence-corrected chi connectivity index (χ4v) is 2.55. The lowest BCUT2D eigenvalue weighted by Crippen LogP contribution is -2.39. The molecule has 0 saturated carbocycles. The number of nitrogens with zero attached hydrogens (tertiary/aromatic N) is 1. The van der Waals surface area contributed by atoms with Crippen molar-refractivity contribution < 1.29 is 9.53 Å². The first-order valence-electron chi connectivity index (χ1n) is 6.78. The molecule has 0 radical (unpaired) electrons. The summed E-state index contributed by atoms with van der Waals surface area (Å²) < 4.78 is 5.45. The quantitative estimate of drug-likeness (QED) is 0.864. The maximum atomic E-state index is 12.3. The molecule has 4 nitrogen and oxygen atoms in total. The second-order valence-corrected chi connectivity index (χ2v) is 6.56. The number of benzene rings is 1. The van der Waals surface area contributed by atoms with E-state index in [2.05, 4.69) is 0 Å². The van der Waals surface area contributed by atoms with Crippen LogP contribution in [0.3, 0.4) is 0 Å². The van der Waals surface area contributed by atoms with Crippen LogP contribution in [0.5, 0.6) is 0 Å². The van der Waals surface area contributed by atoms with Crippen molar-refractivity contribution in [3.8, 4) is 0 Å². The Bertz CT molecular complexity index is 482. The molecule has 0 aliphatic carbocycles. The van der Waals surface area contributed by atoms with Gasteiger partial charge < -0.3 is 10.5 Å². The molecule has 1 amide bonds. The minimum atomic E-state index is -0.506. The zero-order valence-corrected chi connectivity index (χ0v) is 12.9. The standard InChI is InChI=1S/C15H21ClN2O2/c1-15(2,3)20-14(19)18-9-8-12(17)13(18)10-4-6-11(16)7-5-10/h4-7,12-13H,8-9,17H2,1-3H3/t12-,13-/m0/s1. The third-order valence-corrected chi connectivity index (χ3v) is 3.54. The van der Waals surface area contributed by atoms with Crippen LogP contribution in [0, 0.1) is 0 Å². The molecule has 1 aliphatic rings. The number of amides is 1. The van der Waals surface area contributed by atoms with E-state index in [0.29, 0.717) is 11.6 Å². The Morgan fingerprint density at radius 2 is 1.95 bits per heavy atom. The van der Waals surface area contributed by atoms with E-state index >= 15 is 0 Å². The molecule has 20 heavy (non-hydrogen) atoms. The molecule has 0 aromatic heterocycles. The highest BCUT2D eigenvalue weighted by molar-refractivity contribution is 6.30. The zero-order valence-electron chi connectivity index (χ0n) is 12.1. The summed E-state index contributed by atoms with van der Waals surface area (Å²) in [7, 11) is 0. The van der Waals surface area contributed by atoms with Crippen molar-refractivity contribution >= 4 is 17.7 Å². The Morgan fingerprint density at radius 3 is 2.50 bits per heavy atom. The van der Waals surface area contributed by atoms with E-state index in [4.69, 9.17) is 22.1 Å². The van der Waals surface area contributed by atoms with E-state index < -0.39 is 5.60 Å². The first-order chi connectivity index (χ1) is 9.28. The minimum absolute atomic E-state index is 0.0799. The lowest BCUT2D eigenvalue weighted by molar-refractivity contribution is 0.0218. The number of rotatable bonds is 1. The summed E-state index contributed by atoms with van der Waals surface area (Å²) in [6.45, 7) is 6.19. The summed E-state index contributed by atoms with van der Waals surface area (Å²) in [6, 6.07) is 7.22. The van der Waals surface area contributed by atoms with E-state index in [1.807, 2.05) is 45.0 Å². The second-order valence-electron chi connectivity index (χ2n) is 6.12. The lowest BCUT2D eigenvalue weighted by atomic mass is 10.0. The molecular formula is C15H21ClN2O2. The van der Waals surface area contributed by atoms with Crippen LogP contribution in [0.1, 0.15) is 38.8 Å². The number of likely N-dealkylation sites (tertiary alicyclic amines) is 1. The van der Waals surface area contributed by atoms with Crippen LogP contribution in [0.4, 0.5) is 4.79 Å². The Morgan fingerprint density at radius 1 is 1.35 bits per heavy atom. The molecule has 1 saturated heterocycles. The van der Waals surface area contributed by atoms with Gasteiger partial charge in [0.15, 0.2) is 0 Å². The summed E-state index contributed by atoms with van der Waals surface area (Å²) >= 11 is 5.90. The largest absolute Gasteiger partial charge is 0.444 e. The second kappa shape index (κ2) is 5.62. The van der Waals surface area contributed by atoms with Crippen LogP contribution in [0.25, 0.3) is 0 Å². The summed E-state index contributed by atoms with van der Waals surface area (Å²) in [5.74, 6) is 0. The van der Waals surface area contributed by atoms with E-state index in [1.165, 1.54) is 0 Å². The highest BCUT2D eigenvalue weighted by Gasteiger charge is 2.38. The highest BCUT2D eigenvalue weighted by atomic mass is 35.5. The van der Waals surface area contributed by atoms with Crippen LogP contribution in [-0.4, -0.2) is 29.2 Å². The number of halogens is 1. The van der Waals surface area contributed by atoms with Gasteiger partial charge in [0.1, 0.15) is 5.60 Å². The molecule has 0 unspecified atom stereocenters. The number of ether oxygens (including phenoxy) is 1. The molecule has 5 heteroatoms. The summed E-state index contributed by atoms with van der Waals surface area (Å²) in [6.07, 6.45) is 0.456. The number of nitrogens with two attached hydrogens (primary N) is 1. The molecule has 1 aliphatic heterocycles. The third-order valence-electron chi connectivity index (χ3n) is 3.28. The summed E-state index contributed by atoms with van der Waals surface area (Å²) in [5, 5.41) is 0.670. The van der Waals surface area contributed by atoms with Crippen molar-refractivity contribution in [2.75, 3.05) is 6.54 Å². The molecule has 2 atom stereocenters. The van der Waals surface area contributed by atoms with Gasteiger partial charge in [-0.25, -0.2) is 4.79 Å². The average Bonchev–Trinajstić information content (AvgIpc) is 2.70. The SMILES string of the molecule is CC(C)(C)OC(=O)N1CC[C@H](N)[C@@H]1c1ccc(Cl)cc1. The molecule has 110 valence electrons. The van der Waals surface area contributed by atoms with Gasteiger partial charge in [-0.05, 0) is 44.9 Å². The van der Waals surface area contributed by atoms with Crippen LogP contribution >= 0.6 is 11.6 Å². The lowest BCUT2D eigenvalue weighted by Gasteiger charge is -2.30. The zero-order chi connectivity index (χ0) is 14.9. The third kappa shape index (κ3) is 3.44. The van der Waals surface area contributed by atoms with Crippen molar-refractivity contribution in [2.24, 2.45) is 5.73 Å². The van der Waals surface area contributed by atoms with E-state index in [-0.39, 0.29) is 18.2 Å². The molecule has 2 N–H and O–H groups in total. The van der Waals surface area contributed by atoms with Crippen LogP contribution in [0.2, 0.25) is 5.02 Å². The van der Waals surface area contributed by atoms with Gasteiger partial charge in [0.25, 0.3) is 0 Å². The molecule has 1 fully saturated rings. The molecule has 1 heterocycles. The van der Waals surface area contributed by atoms with Gasteiger partial charge in [-0.15, -0.1) is 0 Å². The first-order valence-corrected chi connectivity index (χ1v) is 7.16. The monoisotopic (exact) mass is 296 g/mol. The van der Waals surface area contributed by atoms with Gasteiger partial charge in [-0.1, -0.05) is 23.7 Å². The predicted molar refractivity (Wildman–Crippen MR) is 79.7 cm³/mol. The smallest absolute Gasteiger partial charge is 0.410 e. The van der Waals surface area contributed by atoms with Gasteiger partial charge >= 0.3 is 6.09 Å². The van der Waals surface area contributed by atoms with Gasteiger partial charge in [0, 0.05) is 17.6 Å². The Balaban J connectivity index is 2.20. The maximum absolute atomic E-state index is 12.3. The summed E-state index contributed by atoms with van der Waals surface area (Å²) in [4.78, 5) is 14.0. The van der Waals surface area contributed by atoms with Gasteiger partial charge in [0.2, 0.25) is 0 Å². The molecule has 0 spiro atoms. The van der Waals surface area contributed by atoms with E-state index in [1.54, 1.807) is 4.90 Å². The Hall–Kier alpha value is -1.26. The normalized spacial score (nSPS) is 22.9. The Kier molecular flexibility index (Phi) is 4.25. The highest BCUT2D eigenvalue weighted by Crippen LogP contribution is 2.33. The molecule has 0 bridgehead atoms. The van der Waals surface area contributed by atoms with Crippen molar-refractivity contribution in [3.05, 3.63) is 34.9 Å². The number of hydrogen-bond donors (Lipinski definition) is 1. The molecule has 1 aromatic carbocycles. The number of carbonyl (C=O) groups is 1. The maximum Gasteiger partial charge on any atom is 0.410 e. The van der Waals surface area contributed by atoms with Gasteiger partial charge in [0.05, 0.1) is 6.04 Å². The fraction of sp³-hybridized carbons (Fsp3) is 0.533. The van der Waals surface area contributed by atoms with Crippen molar-refractivity contribution in [2.45, 2.75) is 44.9 Å². The number of hydrogen-bond acceptors (Lipinski definition) is 3. The van der Waals surface area contributed by atoms with Gasteiger partial charge in [-0.2, -0.15) is 0 Å². The molecular weight excluding hydrogens is 276 g/mol. The van der Waals surface area contributed by atoms with E-state index in [9.17, 15) is 4.79 Å². The van der Waals surface area contributed by atoms with Gasteiger partial charge in [-0.3, -0.25) is 4.90 Å². The number of carbonyl (C=O) groups excluding carboxylic acids is 1. The topological polar surface area (TPSA) is 55.6 Å². The van der Waals surface area contributed by atoms with Crippen molar-refractivity contribution in [1.82, 2.24) is 4.90 Å². The van der Waals surface area contributed by atoms with E-state index in [0.717, 1.165) is 12.0 Å². The van der Waals surface area contributed by atoms with Crippen molar-refractivity contribution in [1.29, 1.82) is 0 Å². The average molecular weight is 297 g/mol. The predicted octanol–water partition coefficient (Wildman–Crippen LogP) is 3.35. The Labute approximate surface area is 124 Å². The van der Waals surface area contributed by atoms with Crippen LogP contribution < -0.4 is 5.73 Å². The van der Waals surface area contributed by atoms with Crippen LogP contribution in [0.15, 0.2) is 24.3 Å². The molecule has 2 rings (SSSR count). The van der Waals surface area contributed by atoms with Crippen molar-refractivity contribution in [3.63, 3.8) is 0 Å². The fourth-order valence-electron chi connectivity index (χ4n) is 2.43. The minimum Gasteiger partial charge on any atom is -0.444 e.